The lowest BCUT2D eigenvalue weighted by Gasteiger charge is -2.06. The zero-order valence-corrected chi connectivity index (χ0v) is 13.0. The Morgan fingerprint density at radius 1 is 1.35 bits per heavy atom. The van der Waals surface area contributed by atoms with E-state index in [9.17, 15) is 13.2 Å². The van der Waals surface area contributed by atoms with E-state index in [0.717, 1.165) is 17.2 Å². The number of hydrogen-bond donors (Lipinski definition) is 3. The number of amides is 1. The summed E-state index contributed by atoms with van der Waals surface area (Å²) in [7, 11) is -3.43. The summed E-state index contributed by atoms with van der Waals surface area (Å²) in [6.07, 6.45) is 4.15. The fourth-order valence-electron chi connectivity index (χ4n) is 2.14. The molecule has 0 radical (unpaired) electrons. The van der Waals surface area contributed by atoms with Gasteiger partial charge in [0.2, 0.25) is 15.9 Å². The topological polar surface area (TPSA) is 122 Å². The van der Waals surface area contributed by atoms with Crippen LogP contribution in [0.2, 0.25) is 0 Å². The Morgan fingerprint density at radius 2 is 2.17 bits per heavy atom. The number of nitrogens with zero attached hydrogens (tertiary/aromatic N) is 3. The van der Waals surface area contributed by atoms with Gasteiger partial charge in [0.05, 0.1) is 23.7 Å². The van der Waals surface area contributed by atoms with Crippen LogP contribution in [0.5, 0.6) is 0 Å². The van der Waals surface area contributed by atoms with Gasteiger partial charge in [-0.2, -0.15) is 0 Å². The second-order valence-electron chi connectivity index (χ2n) is 4.97. The van der Waals surface area contributed by atoms with Crippen molar-refractivity contribution in [2.24, 2.45) is 0 Å². The Kier molecular flexibility index (Phi) is 3.74. The molecule has 3 N–H and O–H groups in total. The van der Waals surface area contributed by atoms with E-state index in [1.54, 1.807) is 12.3 Å². The van der Waals surface area contributed by atoms with Crippen LogP contribution in [0.1, 0.15) is 0 Å². The standard InChI is InChI=1S/C13H14N6O3S/c1-23(21,22)17-11-7-19(18-16-11)8-12(20)15-10-4-2-3-9-5-6-14-13(9)10/h2-7,14,17H,8H2,1H3,(H,15,20). The zero-order valence-electron chi connectivity index (χ0n) is 12.1. The smallest absolute Gasteiger partial charge is 0.246 e. The fraction of sp³-hybridized carbons (Fsp3) is 0.154. The fourth-order valence-corrected chi connectivity index (χ4v) is 2.61. The van der Waals surface area contributed by atoms with E-state index in [4.69, 9.17) is 0 Å². The van der Waals surface area contributed by atoms with Gasteiger partial charge in [-0.1, -0.05) is 17.3 Å². The summed E-state index contributed by atoms with van der Waals surface area (Å²) in [6, 6.07) is 7.47. The first kappa shape index (κ1) is 15.0. The SMILES string of the molecule is CS(=O)(=O)Nc1cn(CC(=O)Nc2cccc3cc[nH]c23)nn1. The summed E-state index contributed by atoms with van der Waals surface area (Å²) in [6.45, 7) is -0.0878. The Balaban J connectivity index is 1.69. The number of fused-ring (bicyclic) bond motifs is 1. The normalized spacial score (nSPS) is 11.5. The van der Waals surface area contributed by atoms with Crippen molar-refractivity contribution in [3.8, 4) is 0 Å². The lowest BCUT2D eigenvalue weighted by atomic mass is 10.2. The van der Waals surface area contributed by atoms with Crippen LogP contribution < -0.4 is 10.0 Å². The summed E-state index contributed by atoms with van der Waals surface area (Å²) >= 11 is 0. The minimum atomic E-state index is -3.43. The molecule has 0 bridgehead atoms. The molecule has 120 valence electrons. The third kappa shape index (κ3) is 3.66. The molecule has 0 saturated heterocycles. The second-order valence-corrected chi connectivity index (χ2v) is 6.72. The molecule has 9 nitrogen and oxygen atoms in total. The minimum absolute atomic E-state index is 0.0618. The number of carbonyl (C=O) groups is 1. The molecule has 23 heavy (non-hydrogen) atoms. The molecule has 0 spiro atoms. The Morgan fingerprint density at radius 3 is 2.96 bits per heavy atom. The first-order valence-corrected chi connectivity index (χ1v) is 8.54. The van der Waals surface area contributed by atoms with Crippen LogP contribution >= 0.6 is 0 Å². The average molecular weight is 334 g/mol. The number of benzene rings is 1. The molecule has 1 aromatic carbocycles. The molecule has 0 fully saturated rings. The summed E-state index contributed by atoms with van der Waals surface area (Å²) in [4.78, 5) is 15.2. The molecule has 2 heterocycles. The summed E-state index contributed by atoms with van der Waals surface area (Å²) in [5, 5.41) is 11.1. The van der Waals surface area contributed by atoms with Crippen molar-refractivity contribution in [3.63, 3.8) is 0 Å². The third-order valence-corrected chi connectivity index (χ3v) is 3.58. The first-order chi connectivity index (χ1) is 10.9. The largest absolute Gasteiger partial charge is 0.359 e. The Bertz CT molecular complexity index is 959. The quantitative estimate of drug-likeness (QED) is 0.636. The molecule has 0 aliphatic carbocycles. The maximum absolute atomic E-state index is 12.1. The molecule has 10 heteroatoms. The van der Waals surface area contributed by atoms with E-state index in [1.807, 2.05) is 18.2 Å². The molecule has 0 aliphatic rings. The molecule has 3 rings (SSSR count). The molecule has 0 atom stereocenters. The first-order valence-electron chi connectivity index (χ1n) is 6.64. The predicted octanol–water partition coefficient (Wildman–Crippen LogP) is 0.770. The Labute approximate surface area is 131 Å². The molecular weight excluding hydrogens is 320 g/mol. The molecule has 2 aromatic heterocycles. The highest BCUT2D eigenvalue weighted by Crippen LogP contribution is 2.21. The van der Waals surface area contributed by atoms with E-state index in [1.165, 1.54) is 10.9 Å². The maximum atomic E-state index is 12.1. The monoisotopic (exact) mass is 334 g/mol. The van der Waals surface area contributed by atoms with Crippen LogP contribution in [0.4, 0.5) is 11.5 Å². The summed E-state index contributed by atoms with van der Waals surface area (Å²) < 4.78 is 25.6. The number of carbonyl (C=O) groups excluding carboxylic acids is 1. The van der Waals surface area contributed by atoms with Gasteiger partial charge in [0, 0.05) is 11.6 Å². The number of aromatic nitrogens is 4. The van der Waals surface area contributed by atoms with Gasteiger partial charge in [-0.25, -0.2) is 13.1 Å². The van der Waals surface area contributed by atoms with Gasteiger partial charge in [-0.15, -0.1) is 5.10 Å². The van der Waals surface area contributed by atoms with Gasteiger partial charge in [-0.05, 0) is 12.1 Å². The van der Waals surface area contributed by atoms with Gasteiger partial charge in [0.25, 0.3) is 0 Å². The minimum Gasteiger partial charge on any atom is -0.359 e. The van der Waals surface area contributed by atoms with Crippen molar-refractivity contribution in [1.82, 2.24) is 20.0 Å². The van der Waals surface area contributed by atoms with E-state index in [2.05, 4.69) is 25.3 Å². The Hall–Kier alpha value is -2.88. The number of sulfonamides is 1. The van der Waals surface area contributed by atoms with Crippen LogP contribution in [0, 0.1) is 0 Å². The number of para-hydroxylation sites is 1. The number of hydrogen-bond acceptors (Lipinski definition) is 5. The van der Waals surface area contributed by atoms with Crippen molar-refractivity contribution in [1.29, 1.82) is 0 Å². The predicted molar refractivity (Wildman–Crippen MR) is 85.4 cm³/mol. The van der Waals surface area contributed by atoms with E-state index in [0.29, 0.717) is 5.69 Å². The van der Waals surface area contributed by atoms with Gasteiger partial charge < -0.3 is 10.3 Å². The molecule has 1 amide bonds. The number of anilines is 2. The van der Waals surface area contributed by atoms with Crippen molar-refractivity contribution in [2.45, 2.75) is 6.54 Å². The van der Waals surface area contributed by atoms with Crippen molar-refractivity contribution in [2.75, 3.05) is 16.3 Å². The van der Waals surface area contributed by atoms with Crippen LogP contribution in [-0.4, -0.2) is 40.6 Å². The highest BCUT2D eigenvalue weighted by Gasteiger charge is 2.10. The second kappa shape index (κ2) is 5.72. The van der Waals surface area contributed by atoms with Gasteiger partial charge in [0.15, 0.2) is 5.82 Å². The van der Waals surface area contributed by atoms with Gasteiger partial charge in [-0.3, -0.25) is 9.52 Å². The maximum Gasteiger partial charge on any atom is 0.246 e. The summed E-state index contributed by atoms with van der Waals surface area (Å²) in [5.41, 5.74) is 1.49. The lowest BCUT2D eigenvalue weighted by Crippen LogP contribution is -2.19. The molecule has 3 aromatic rings. The van der Waals surface area contributed by atoms with Crippen LogP contribution in [-0.2, 0) is 21.4 Å². The van der Waals surface area contributed by atoms with E-state index < -0.39 is 10.0 Å². The highest BCUT2D eigenvalue weighted by molar-refractivity contribution is 7.92. The van der Waals surface area contributed by atoms with E-state index >= 15 is 0 Å². The van der Waals surface area contributed by atoms with Crippen LogP contribution in [0.15, 0.2) is 36.7 Å². The highest BCUT2D eigenvalue weighted by atomic mass is 32.2. The van der Waals surface area contributed by atoms with Crippen LogP contribution in [0.25, 0.3) is 10.9 Å². The average Bonchev–Trinajstić information content (AvgIpc) is 3.06. The zero-order chi connectivity index (χ0) is 16.4. The molecule has 0 unspecified atom stereocenters. The van der Waals surface area contributed by atoms with Crippen molar-refractivity contribution in [3.05, 3.63) is 36.7 Å². The van der Waals surface area contributed by atoms with E-state index in [-0.39, 0.29) is 18.3 Å². The van der Waals surface area contributed by atoms with Gasteiger partial charge >= 0.3 is 0 Å². The number of aromatic amines is 1. The van der Waals surface area contributed by atoms with Gasteiger partial charge in [0.1, 0.15) is 6.54 Å². The molecular formula is C13H14N6O3S. The number of rotatable bonds is 5. The summed E-state index contributed by atoms with van der Waals surface area (Å²) in [5.74, 6) is -0.241. The van der Waals surface area contributed by atoms with Crippen molar-refractivity contribution < 1.29 is 13.2 Å². The van der Waals surface area contributed by atoms with Crippen LogP contribution in [0.3, 0.4) is 0 Å². The molecule has 0 aliphatic heterocycles. The lowest BCUT2D eigenvalue weighted by molar-refractivity contribution is -0.116. The number of nitrogens with one attached hydrogen (secondary N) is 3. The third-order valence-electron chi connectivity index (χ3n) is 3.00. The number of H-pyrrole nitrogens is 1. The molecule has 0 saturated carbocycles. The van der Waals surface area contributed by atoms with Crippen molar-refractivity contribution >= 4 is 38.3 Å².